The van der Waals surface area contributed by atoms with Crippen LogP contribution in [0.1, 0.15) is 82.0 Å². The Balaban J connectivity index is 1.33. The second kappa shape index (κ2) is 15.5. The van der Waals surface area contributed by atoms with Gasteiger partial charge in [-0.1, -0.05) is 53.5 Å². The van der Waals surface area contributed by atoms with E-state index in [9.17, 15) is 12.6 Å². The van der Waals surface area contributed by atoms with Crippen molar-refractivity contribution < 1.29 is 35.6 Å². The van der Waals surface area contributed by atoms with E-state index in [1.165, 1.54) is 24.3 Å². The van der Waals surface area contributed by atoms with Crippen molar-refractivity contribution in [3.8, 4) is 34.5 Å². The molecule has 5 aliphatic rings. The molecule has 2 bridgehead atoms. The number of piperidine rings is 1. The van der Waals surface area contributed by atoms with Crippen molar-refractivity contribution in [1.82, 2.24) is 24.8 Å². The van der Waals surface area contributed by atoms with Gasteiger partial charge in [0.05, 0.1) is 31.3 Å². The lowest BCUT2D eigenvalue weighted by Crippen LogP contribution is -2.70. The van der Waals surface area contributed by atoms with Crippen molar-refractivity contribution in [3.63, 3.8) is 0 Å². The van der Waals surface area contributed by atoms with Crippen LogP contribution < -0.4 is 14.4 Å². The molecule has 14 heteroatoms. The highest BCUT2D eigenvalue weighted by Gasteiger charge is 2.49. The van der Waals surface area contributed by atoms with Crippen LogP contribution in [0.3, 0.4) is 0 Å². The molecule has 1 amide bonds. The largest absolute Gasteiger partial charge is 0.468 e. The zero-order chi connectivity index (χ0) is 42.9. The third-order valence-electron chi connectivity index (χ3n) is 13.2. The van der Waals surface area contributed by atoms with Crippen LogP contribution in [-0.2, 0) is 4.74 Å². The van der Waals surface area contributed by atoms with E-state index in [4.69, 9.17) is 24.2 Å². The van der Waals surface area contributed by atoms with Gasteiger partial charge in [0.25, 0.3) is 0 Å². The van der Waals surface area contributed by atoms with Crippen molar-refractivity contribution >= 4 is 41.7 Å². The number of rotatable bonds is 11. The molecule has 2 unspecified atom stereocenters. The fourth-order valence-electron chi connectivity index (χ4n) is 10.5. The molecule has 0 aliphatic carbocycles. The Morgan fingerprint density at radius 3 is 2.36 bits per heavy atom. The average molecular weight is 815 g/mol. The van der Waals surface area contributed by atoms with Gasteiger partial charge in [0, 0.05) is 37.3 Å². The monoisotopic (exact) mass is 814 g/mol. The molecular formula is C44H54F2N6O5Si. The summed E-state index contributed by atoms with van der Waals surface area (Å²) in [5, 5.41) is 11.0. The Morgan fingerprint density at radius 1 is 1.03 bits per heavy atom. The van der Waals surface area contributed by atoms with Gasteiger partial charge in [-0.05, 0) is 85.4 Å². The highest BCUT2D eigenvalue weighted by Crippen LogP contribution is 2.44. The summed E-state index contributed by atoms with van der Waals surface area (Å²) in [6.07, 6.45) is 4.04. The second-order valence-electron chi connectivity index (χ2n) is 17.3. The first-order valence-corrected chi connectivity index (χ1v) is 22.7. The molecule has 5 aliphatic heterocycles. The van der Waals surface area contributed by atoms with E-state index < -0.39 is 37.9 Å². The number of carboxylic acid groups (broad SMARTS) is 1. The molecule has 308 valence electrons. The molecule has 7 heterocycles. The first-order chi connectivity index (χ1) is 28.5. The third-order valence-corrected chi connectivity index (χ3v) is 19.5. The van der Waals surface area contributed by atoms with Crippen molar-refractivity contribution in [2.75, 3.05) is 51.5 Å². The summed E-state index contributed by atoms with van der Waals surface area (Å²) in [5.41, 5.74) is 3.70. The highest BCUT2D eigenvalue weighted by molar-refractivity contribution is 6.90. The lowest BCUT2D eigenvalue weighted by molar-refractivity contribution is 0.0113. The Labute approximate surface area is 342 Å². The number of hydrogen-bond donors (Lipinski definition) is 1. The highest BCUT2D eigenvalue weighted by atomic mass is 28.3. The number of ether oxygens (including phenoxy) is 3. The quantitative estimate of drug-likeness (QED) is 0.0898. The zero-order valence-electron chi connectivity index (χ0n) is 36.4. The molecule has 0 saturated carbocycles. The number of methoxy groups -OCH3 is 1. The van der Waals surface area contributed by atoms with Crippen LogP contribution >= 0.6 is 0 Å². The van der Waals surface area contributed by atoms with E-state index >= 15 is 8.78 Å². The average Bonchev–Trinajstić information content (AvgIpc) is 3.80. The van der Waals surface area contributed by atoms with Gasteiger partial charge >= 0.3 is 12.1 Å². The standard InChI is InChI=1S/C44H54F2N6O5Si/c1-26(2)58(27(3)4,28(5)6)17-12-33-36(45)11-10-29-18-32(57-25-55-7)20-34(37(29)33)39-38(46)40-35(21-47-39)41(50-22-30-19-31(23-50)52(30)43(53)54)49-42(48-40)56-24-44-13-8-15-51(44)16-9-14-44/h10-11,18,20-21,26-28,30-31H,8-9,13-16,19,22-25H2,1-7H3,(H,53,54)/i24D2. The molecule has 9 rings (SSSR count). The molecule has 1 N–H and O–H groups in total. The molecule has 2 atom stereocenters. The van der Waals surface area contributed by atoms with Crippen LogP contribution in [0, 0.1) is 23.1 Å². The minimum atomic E-state index is -2.34. The maximum absolute atomic E-state index is 17.7. The van der Waals surface area contributed by atoms with Gasteiger partial charge < -0.3 is 24.2 Å². The number of hydrogen-bond acceptors (Lipinski definition) is 9. The number of fused-ring (bicyclic) bond motifs is 5. The fourth-order valence-corrected chi connectivity index (χ4v) is 15.7. The van der Waals surface area contributed by atoms with E-state index in [1.54, 1.807) is 18.2 Å². The molecular weight excluding hydrogens is 759 g/mol. The zero-order valence-corrected chi connectivity index (χ0v) is 35.4. The van der Waals surface area contributed by atoms with Crippen molar-refractivity contribution in [3.05, 3.63) is 47.7 Å². The minimum absolute atomic E-state index is 0.0902. The number of anilines is 1. The minimum Gasteiger partial charge on any atom is -0.468 e. The third kappa shape index (κ3) is 6.72. The fraction of sp³-hybridized carbons (Fsp3) is 0.545. The molecule has 5 fully saturated rings. The predicted octanol–water partition coefficient (Wildman–Crippen LogP) is 8.62. The number of aromatic nitrogens is 3. The summed E-state index contributed by atoms with van der Waals surface area (Å²) < 4.78 is 69.8. The summed E-state index contributed by atoms with van der Waals surface area (Å²) in [7, 11) is -0.846. The summed E-state index contributed by atoms with van der Waals surface area (Å²) in [4.78, 5) is 31.5. The van der Waals surface area contributed by atoms with Crippen LogP contribution in [0.5, 0.6) is 11.8 Å². The van der Waals surface area contributed by atoms with Gasteiger partial charge in [-0.25, -0.2) is 13.6 Å². The summed E-state index contributed by atoms with van der Waals surface area (Å²) in [6, 6.07) is 5.41. The lowest BCUT2D eigenvalue weighted by atomic mass is 9.88. The summed E-state index contributed by atoms with van der Waals surface area (Å²) in [5.74, 6) is 2.52. The van der Waals surface area contributed by atoms with E-state index in [-0.39, 0.29) is 75.1 Å². The van der Waals surface area contributed by atoms with Crippen LogP contribution in [0.4, 0.5) is 19.4 Å². The molecule has 4 aromatic rings. The van der Waals surface area contributed by atoms with Gasteiger partial charge in [-0.15, -0.1) is 5.54 Å². The number of amides is 1. The molecule has 5 saturated heterocycles. The maximum atomic E-state index is 17.7. The van der Waals surface area contributed by atoms with Crippen LogP contribution in [0.25, 0.3) is 32.9 Å². The summed E-state index contributed by atoms with van der Waals surface area (Å²) >= 11 is 0. The number of nitrogens with zero attached hydrogens (tertiary/aromatic N) is 6. The molecule has 2 aromatic carbocycles. The Hall–Kier alpha value is -4.58. The van der Waals surface area contributed by atoms with Crippen LogP contribution in [-0.4, -0.2) is 108 Å². The molecule has 2 aromatic heterocycles. The van der Waals surface area contributed by atoms with Gasteiger partial charge in [0.2, 0.25) is 0 Å². The Kier molecular flexibility index (Phi) is 10.1. The number of halogens is 2. The predicted molar refractivity (Wildman–Crippen MR) is 223 cm³/mol. The number of benzene rings is 2. The van der Waals surface area contributed by atoms with Crippen LogP contribution in [0.15, 0.2) is 30.5 Å². The van der Waals surface area contributed by atoms with Crippen molar-refractivity contribution in [2.45, 2.75) is 108 Å². The van der Waals surface area contributed by atoms with E-state index in [2.05, 4.69) is 62.9 Å². The molecule has 0 radical (unpaired) electrons. The van der Waals surface area contributed by atoms with E-state index in [1.807, 2.05) is 4.90 Å². The Morgan fingerprint density at radius 2 is 1.72 bits per heavy atom. The number of pyridine rings is 1. The van der Waals surface area contributed by atoms with E-state index in [0.717, 1.165) is 25.9 Å². The van der Waals surface area contributed by atoms with Crippen LogP contribution in [0.2, 0.25) is 16.6 Å². The van der Waals surface area contributed by atoms with Gasteiger partial charge in [-0.3, -0.25) is 14.8 Å². The van der Waals surface area contributed by atoms with E-state index in [0.29, 0.717) is 48.9 Å². The first-order valence-electron chi connectivity index (χ1n) is 21.5. The van der Waals surface area contributed by atoms with Gasteiger partial charge in [0.15, 0.2) is 12.6 Å². The summed E-state index contributed by atoms with van der Waals surface area (Å²) in [6.45, 7) is 12.9. The smallest absolute Gasteiger partial charge is 0.407 e. The van der Waals surface area contributed by atoms with Gasteiger partial charge in [-0.2, -0.15) is 9.97 Å². The second-order valence-corrected chi connectivity index (χ2v) is 22.9. The molecule has 58 heavy (non-hydrogen) atoms. The number of carbonyl (C=O) groups is 1. The first kappa shape index (κ1) is 37.7. The normalized spacial score (nSPS) is 21.0. The van der Waals surface area contributed by atoms with Gasteiger partial charge in [0.1, 0.15) is 43.2 Å². The molecule has 0 spiro atoms. The number of piperazine rings is 1. The Bertz CT molecular complexity index is 2370. The van der Waals surface area contributed by atoms with Crippen molar-refractivity contribution in [2.24, 2.45) is 0 Å². The molecule has 11 nitrogen and oxygen atoms in total. The van der Waals surface area contributed by atoms with Crippen molar-refractivity contribution in [1.29, 1.82) is 0 Å². The SMILES string of the molecule is [2H]C([2H])(Oc1nc(N2CC3CC(C2)N3C(=O)O)c2cnc(-c3cc(OCOC)cc4ccc(F)c(C#C[Si](C(C)C)(C(C)C)C(C)C)c34)c(F)c2n1)C12CCCN1CCC2. The topological polar surface area (TPSA) is 113 Å². The maximum Gasteiger partial charge on any atom is 0.407 e. The lowest BCUT2D eigenvalue weighted by Gasteiger charge is -2.55.